The molecule has 11 nitrogen and oxygen atoms in total. The van der Waals surface area contributed by atoms with Crippen molar-refractivity contribution >= 4 is 75.4 Å². The molecule has 2 aliphatic carbocycles. The Bertz CT molecular complexity index is 2300. The van der Waals surface area contributed by atoms with Gasteiger partial charge in [-0.05, 0) is 54.3 Å². The summed E-state index contributed by atoms with van der Waals surface area (Å²) in [4.78, 5) is 29.5. The third-order valence-corrected chi connectivity index (χ3v) is 12.5. The second-order valence-corrected chi connectivity index (χ2v) is 15.3. The number of hydrogen-bond acceptors (Lipinski definition) is 12. The average Bonchev–Trinajstić information content (AvgIpc) is 3.73. The van der Waals surface area contributed by atoms with Crippen LogP contribution in [0.4, 0.5) is 5.69 Å². The van der Waals surface area contributed by atoms with E-state index in [2.05, 4.69) is 41.3 Å². The highest BCUT2D eigenvalue weighted by atomic mass is 32.2. The van der Waals surface area contributed by atoms with Gasteiger partial charge in [-0.1, -0.05) is 36.4 Å². The maximum absolute atomic E-state index is 11.7. The van der Waals surface area contributed by atoms with Gasteiger partial charge in [-0.3, -0.25) is 0 Å². The van der Waals surface area contributed by atoms with Crippen molar-refractivity contribution in [3.63, 3.8) is 0 Å². The topological polar surface area (TPSA) is 162 Å². The highest BCUT2D eigenvalue weighted by Gasteiger charge is 2.39. The standard InChI is InChI=1S/C38H27N3O8S3/c39-18-22(37(42)43)16-29-31-33(48-12-10-46-31)35(51-29)20-6-8-25-27(14-20)50-28-15-21(7-9-26(28)41(25)24-4-2-1-3-5-24)36-34-32(47-11-13-49-34)30(52-36)17-23(19-40)38(44)45/h1-6,8,14-17,25,27H,7,9-13H2,(H,42,43)(H,44,45)/b22-16+,23-17+. The molecule has 3 aromatic rings. The van der Waals surface area contributed by atoms with E-state index in [9.17, 15) is 30.3 Å². The first kappa shape index (κ1) is 33.5. The van der Waals surface area contributed by atoms with Crippen LogP contribution in [0.1, 0.15) is 32.4 Å². The fourth-order valence-electron chi connectivity index (χ4n) is 6.67. The van der Waals surface area contributed by atoms with Crippen LogP contribution in [0.5, 0.6) is 23.0 Å². The van der Waals surface area contributed by atoms with E-state index in [0.717, 1.165) is 37.9 Å². The highest BCUT2D eigenvalue weighted by molar-refractivity contribution is 8.04. The summed E-state index contributed by atoms with van der Waals surface area (Å²) in [5, 5.41) is 37.8. The van der Waals surface area contributed by atoms with E-state index in [1.807, 2.05) is 18.2 Å². The molecule has 1 aromatic carbocycles. The zero-order chi connectivity index (χ0) is 35.9. The molecule has 0 spiro atoms. The first-order valence-corrected chi connectivity index (χ1v) is 18.8. The van der Waals surface area contributed by atoms with Crippen LogP contribution in [0.3, 0.4) is 0 Å². The number of carboxylic acids is 2. The number of carboxylic acid groups (broad SMARTS) is 2. The summed E-state index contributed by atoms with van der Waals surface area (Å²) in [6.45, 7) is 1.34. The molecule has 2 aromatic heterocycles. The van der Waals surface area contributed by atoms with Crippen LogP contribution in [0, 0.1) is 22.7 Å². The third kappa shape index (κ3) is 5.94. The first-order chi connectivity index (χ1) is 25.3. The van der Waals surface area contributed by atoms with Crippen molar-refractivity contribution in [3.8, 4) is 35.1 Å². The first-order valence-electron chi connectivity index (χ1n) is 16.2. The minimum Gasteiger partial charge on any atom is -0.485 e. The summed E-state index contributed by atoms with van der Waals surface area (Å²) in [6.07, 6.45) is 12.8. The number of nitrogens with zero attached hydrogens (tertiary/aromatic N) is 3. The van der Waals surface area contributed by atoms with Crippen LogP contribution in [-0.2, 0) is 9.59 Å². The maximum Gasteiger partial charge on any atom is 0.346 e. The Morgan fingerprint density at radius 1 is 0.808 bits per heavy atom. The van der Waals surface area contributed by atoms with Gasteiger partial charge in [0.15, 0.2) is 23.0 Å². The van der Waals surface area contributed by atoms with Crippen LogP contribution in [0.25, 0.3) is 23.3 Å². The summed E-state index contributed by atoms with van der Waals surface area (Å²) in [5.41, 5.74) is 3.43. The van der Waals surface area contributed by atoms with Crippen molar-refractivity contribution in [3.05, 3.63) is 95.9 Å². The molecule has 0 radical (unpaired) electrons. The molecule has 2 N–H and O–H groups in total. The van der Waals surface area contributed by atoms with Crippen molar-refractivity contribution in [1.29, 1.82) is 10.5 Å². The van der Waals surface area contributed by atoms with Gasteiger partial charge >= 0.3 is 11.9 Å². The van der Waals surface area contributed by atoms with E-state index in [0.29, 0.717) is 65.6 Å². The zero-order valence-electron chi connectivity index (χ0n) is 27.2. The number of benzene rings is 1. The molecule has 0 saturated carbocycles. The molecule has 14 heteroatoms. The number of nitriles is 2. The number of fused-ring (bicyclic) bond motifs is 3. The SMILES string of the molecule is N#C/C(=C\c1sc(C2=CC3SC4=C(CCC(c5sc(/C=C(\C#N)C(=O)O)c6c5OCCO6)=C4)N(c4ccccc4)C3C=C2)c2c1OCCO2)C(=O)O. The molecule has 260 valence electrons. The number of para-hydroxylation sites is 1. The van der Waals surface area contributed by atoms with Gasteiger partial charge < -0.3 is 34.1 Å². The quantitative estimate of drug-likeness (QED) is 0.183. The molecule has 2 unspecified atom stereocenters. The van der Waals surface area contributed by atoms with Crippen molar-refractivity contribution in [2.45, 2.75) is 24.1 Å². The Morgan fingerprint density at radius 3 is 1.98 bits per heavy atom. The van der Waals surface area contributed by atoms with Crippen LogP contribution < -0.4 is 23.8 Å². The number of anilines is 1. The lowest BCUT2D eigenvalue weighted by atomic mass is 9.94. The minimum absolute atomic E-state index is 0.00207. The molecule has 0 fully saturated rings. The van der Waals surface area contributed by atoms with Gasteiger partial charge in [0.2, 0.25) is 0 Å². The fraction of sp³-hybridized carbons (Fsp3) is 0.211. The Balaban J connectivity index is 1.21. The van der Waals surface area contributed by atoms with Crippen molar-refractivity contribution < 1.29 is 38.7 Å². The number of thioether (sulfide) groups is 1. The van der Waals surface area contributed by atoms with E-state index >= 15 is 0 Å². The van der Waals surface area contributed by atoms with Crippen LogP contribution in [-0.4, -0.2) is 59.9 Å². The molecule has 8 rings (SSSR count). The number of rotatable bonds is 7. The molecule has 0 bridgehead atoms. The largest absolute Gasteiger partial charge is 0.485 e. The van der Waals surface area contributed by atoms with Gasteiger partial charge in [0.1, 0.15) is 49.7 Å². The predicted molar refractivity (Wildman–Crippen MR) is 199 cm³/mol. The van der Waals surface area contributed by atoms with Crippen LogP contribution >= 0.6 is 34.4 Å². The van der Waals surface area contributed by atoms with Gasteiger partial charge in [-0.25, -0.2) is 9.59 Å². The average molecular weight is 750 g/mol. The lowest BCUT2D eigenvalue weighted by molar-refractivity contribution is -0.133. The zero-order valence-corrected chi connectivity index (χ0v) is 29.6. The number of carbonyl (C=O) groups is 2. The highest BCUT2D eigenvalue weighted by Crippen LogP contribution is 2.55. The molecule has 52 heavy (non-hydrogen) atoms. The lowest BCUT2D eigenvalue weighted by Gasteiger charge is -2.45. The number of hydrogen-bond donors (Lipinski definition) is 2. The fourth-order valence-corrected chi connectivity index (χ4v) is 10.4. The van der Waals surface area contributed by atoms with Crippen molar-refractivity contribution in [2.75, 3.05) is 31.3 Å². The molecule has 5 heterocycles. The summed E-state index contributed by atoms with van der Waals surface area (Å²) < 4.78 is 24.0. The third-order valence-electron chi connectivity index (χ3n) is 8.92. The van der Waals surface area contributed by atoms with Crippen LogP contribution in [0.15, 0.2) is 76.4 Å². The monoisotopic (exact) mass is 749 g/mol. The molecule has 0 saturated heterocycles. The Kier molecular flexibility index (Phi) is 8.89. The summed E-state index contributed by atoms with van der Waals surface area (Å²) in [6, 6.07) is 13.8. The van der Waals surface area contributed by atoms with E-state index in [4.69, 9.17) is 18.9 Å². The second-order valence-electron chi connectivity index (χ2n) is 12.0. The van der Waals surface area contributed by atoms with E-state index < -0.39 is 17.5 Å². The van der Waals surface area contributed by atoms with E-state index in [1.54, 1.807) is 23.9 Å². The molecular formula is C38H27N3O8S3. The van der Waals surface area contributed by atoms with Gasteiger partial charge in [0.05, 0.1) is 30.8 Å². The Morgan fingerprint density at radius 2 is 1.38 bits per heavy atom. The van der Waals surface area contributed by atoms with E-state index in [-0.39, 0.29) is 16.9 Å². The normalized spacial score (nSPS) is 20.5. The minimum atomic E-state index is -1.31. The summed E-state index contributed by atoms with van der Waals surface area (Å²) in [5.74, 6) is -0.615. The van der Waals surface area contributed by atoms with Gasteiger partial charge in [-0.15, -0.1) is 34.4 Å². The molecule has 2 atom stereocenters. The number of allylic oxidation sites excluding steroid dienone is 5. The lowest BCUT2D eigenvalue weighted by Crippen LogP contribution is -2.44. The van der Waals surface area contributed by atoms with E-state index in [1.165, 1.54) is 40.5 Å². The number of thiophene rings is 2. The van der Waals surface area contributed by atoms with Gasteiger partial charge in [0.25, 0.3) is 0 Å². The smallest absolute Gasteiger partial charge is 0.346 e. The number of ether oxygens (including phenoxy) is 4. The van der Waals surface area contributed by atoms with Gasteiger partial charge in [0, 0.05) is 16.3 Å². The molecular weight excluding hydrogens is 723 g/mol. The second kappa shape index (κ2) is 13.8. The predicted octanol–water partition coefficient (Wildman–Crippen LogP) is 7.37. The summed E-state index contributed by atoms with van der Waals surface area (Å²) >= 11 is 4.44. The summed E-state index contributed by atoms with van der Waals surface area (Å²) in [7, 11) is 0. The number of aliphatic carboxylic acids is 2. The Labute approximate surface area is 309 Å². The molecule has 5 aliphatic rings. The molecule has 3 aliphatic heterocycles. The molecule has 0 amide bonds. The van der Waals surface area contributed by atoms with Crippen molar-refractivity contribution in [1.82, 2.24) is 0 Å². The maximum atomic E-state index is 11.7. The van der Waals surface area contributed by atoms with Gasteiger partial charge in [-0.2, -0.15) is 10.5 Å². The van der Waals surface area contributed by atoms with Crippen molar-refractivity contribution in [2.24, 2.45) is 0 Å². The Hall–Kier alpha value is -5.67. The van der Waals surface area contributed by atoms with Crippen LogP contribution in [0.2, 0.25) is 0 Å².